The molecule has 3 aromatic carbocycles. The minimum atomic E-state index is -0.293. The number of carbonyl (C=O) groups excluding carboxylic acids is 1. The Morgan fingerprint density at radius 3 is 2.52 bits per heavy atom. The molecular weight excluding hydrogens is 437 g/mol. The predicted molar refractivity (Wildman–Crippen MR) is 123 cm³/mol. The van der Waals surface area contributed by atoms with Gasteiger partial charge in [-0.3, -0.25) is 9.59 Å². The van der Waals surface area contributed by atoms with Gasteiger partial charge in [0, 0.05) is 22.3 Å². The van der Waals surface area contributed by atoms with E-state index >= 15 is 0 Å². The first-order valence-corrected chi connectivity index (χ1v) is 10.2. The molecule has 0 atom stereocenters. The smallest absolute Gasteiger partial charge is 0.262 e. The number of halogens is 2. The largest absolute Gasteiger partial charge is 0.484 e. The van der Waals surface area contributed by atoms with Crippen LogP contribution in [0.15, 0.2) is 76.1 Å². The molecule has 1 amide bonds. The van der Waals surface area contributed by atoms with Crippen LogP contribution in [0.25, 0.3) is 22.1 Å². The number of ether oxygens (including phenoxy) is 1. The topological polar surface area (TPSA) is 68.5 Å². The van der Waals surface area contributed by atoms with Crippen LogP contribution in [0.3, 0.4) is 0 Å². The van der Waals surface area contributed by atoms with Crippen molar-refractivity contribution in [1.29, 1.82) is 0 Å². The Kier molecular flexibility index (Phi) is 5.98. The van der Waals surface area contributed by atoms with Crippen LogP contribution < -0.4 is 15.5 Å². The number of carbonyl (C=O) groups is 1. The van der Waals surface area contributed by atoms with Gasteiger partial charge in [-0.1, -0.05) is 47.0 Å². The fourth-order valence-corrected chi connectivity index (χ4v) is 3.59. The van der Waals surface area contributed by atoms with Gasteiger partial charge in [-0.05, 0) is 43.3 Å². The third-order valence-electron chi connectivity index (χ3n) is 4.67. The first-order valence-electron chi connectivity index (χ1n) is 9.41. The molecule has 7 heteroatoms. The molecule has 0 aliphatic carbocycles. The molecule has 0 fully saturated rings. The SMILES string of the molecule is Cc1ccc(NC(=O)COc2ccc3c(=O)c(-c4ccc(Cl)cc4Cl)coc3c2)cc1. The number of fused-ring (bicyclic) bond motifs is 1. The second-order valence-corrected chi connectivity index (χ2v) is 7.81. The molecule has 156 valence electrons. The molecule has 0 radical (unpaired) electrons. The summed E-state index contributed by atoms with van der Waals surface area (Å²) in [6, 6.07) is 17.2. The molecule has 4 rings (SSSR count). The lowest BCUT2D eigenvalue weighted by Crippen LogP contribution is -2.20. The standard InChI is InChI=1S/C24H17Cl2NO4/c1-14-2-5-16(6-3-14)27-23(28)13-30-17-7-9-19-22(11-17)31-12-20(24(19)29)18-8-4-15(25)10-21(18)26/h2-12H,13H2,1H3,(H,27,28). The van der Waals surface area contributed by atoms with Crippen molar-refractivity contribution in [2.24, 2.45) is 0 Å². The molecule has 0 saturated carbocycles. The van der Waals surface area contributed by atoms with E-state index in [0.29, 0.717) is 43.6 Å². The number of amides is 1. The fraction of sp³-hybridized carbons (Fsp3) is 0.0833. The highest BCUT2D eigenvalue weighted by Gasteiger charge is 2.13. The van der Waals surface area contributed by atoms with E-state index < -0.39 is 0 Å². The van der Waals surface area contributed by atoms with Crippen molar-refractivity contribution in [3.05, 3.63) is 92.8 Å². The normalized spacial score (nSPS) is 10.8. The Hall–Kier alpha value is -3.28. The third kappa shape index (κ3) is 4.74. The lowest BCUT2D eigenvalue weighted by atomic mass is 10.1. The number of hydrogen-bond donors (Lipinski definition) is 1. The molecule has 31 heavy (non-hydrogen) atoms. The van der Waals surface area contributed by atoms with E-state index in [4.69, 9.17) is 32.4 Å². The number of hydrogen-bond acceptors (Lipinski definition) is 4. The molecule has 0 spiro atoms. The van der Waals surface area contributed by atoms with Crippen molar-refractivity contribution in [2.45, 2.75) is 6.92 Å². The number of nitrogens with one attached hydrogen (secondary N) is 1. The maximum atomic E-state index is 12.9. The van der Waals surface area contributed by atoms with Crippen molar-refractivity contribution in [3.63, 3.8) is 0 Å². The van der Waals surface area contributed by atoms with Gasteiger partial charge in [0.25, 0.3) is 5.91 Å². The molecule has 5 nitrogen and oxygen atoms in total. The van der Waals surface area contributed by atoms with Crippen molar-refractivity contribution in [3.8, 4) is 16.9 Å². The minimum Gasteiger partial charge on any atom is -0.484 e. The summed E-state index contributed by atoms with van der Waals surface area (Å²) in [6.07, 6.45) is 1.35. The summed E-state index contributed by atoms with van der Waals surface area (Å²) >= 11 is 12.2. The van der Waals surface area contributed by atoms with E-state index in [1.807, 2.05) is 31.2 Å². The molecule has 0 saturated heterocycles. The first-order chi connectivity index (χ1) is 14.9. The van der Waals surface area contributed by atoms with Gasteiger partial charge in [-0.15, -0.1) is 0 Å². The highest BCUT2D eigenvalue weighted by Crippen LogP contribution is 2.30. The molecule has 0 unspecified atom stereocenters. The molecule has 1 heterocycles. The number of rotatable bonds is 5. The molecular formula is C24H17Cl2NO4. The van der Waals surface area contributed by atoms with Gasteiger partial charge in [0.1, 0.15) is 17.6 Å². The second kappa shape index (κ2) is 8.84. The van der Waals surface area contributed by atoms with Gasteiger partial charge in [0.15, 0.2) is 6.61 Å². The second-order valence-electron chi connectivity index (χ2n) is 6.96. The maximum absolute atomic E-state index is 12.9. The average molecular weight is 454 g/mol. The van der Waals surface area contributed by atoms with E-state index in [-0.39, 0.29) is 17.9 Å². The van der Waals surface area contributed by atoms with E-state index in [0.717, 1.165) is 5.56 Å². The van der Waals surface area contributed by atoms with Crippen LogP contribution in [-0.4, -0.2) is 12.5 Å². The van der Waals surface area contributed by atoms with Crippen LogP contribution in [0.2, 0.25) is 10.0 Å². The zero-order valence-electron chi connectivity index (χ0n) is 16.4. The Bertz CT molecular complexity index is 1330. The lowest BCUT2D eigenvalue weighted by Gasteiger charge is -2.09. The highest BCUT2D eigenvalue weighted by molar-refractivity contribution is 6.36. The van der Waals surface area contributed by atoms with Gasteiger partial charge in [0.05, 0.1) is 16.0 Å². The van der Waals surface area contributed by atoms with Crippen molar-refractivity contribution in [1.82, 2.24) is 0 Å². The van der Waals surface area contributed by atoms with Gasteiger partial charge < -0.3 is 14.5 Å². The Morgan fingerprint density at radius 2 is 1.77 bits per heavy atom. The first kappa shape index (κ1) is 21.0. The molecule has 4 aromatic rings. The van der Waals surface area contributed by atoms with E-state index in [1.54, 1.807) is 36.4 Å². The molecule has 1 N–H and O–H groups in total. The summed E-state index contributed by atoms with van der Waals surface area (Å²) < 4.78 is 11.2. The summed E-state index contributed by atoms with van der Waals surface area (Å²) in [5, 5.41) is 3.97. The van der Waals surface area contributed by atoms with Crippen molar-refractivity contribution in [2.75, 3.05) is 11.9 Å². The Balaban J connectivity index is 1.51. The maximum Gasteiger partial charge on any atom is 0.262 e. The van der Waals surface area contributed by atoms with Crippen LogP contribution >= 0.6 is 23.2 Å². The number of anilines is 1. The Labute approximate surface area is 188 Å². The number of aryl methyl sites for hydroxylation is 1. The molecule has 1 aromatic heterocycles. The molecule has 0 bridgehead atoms. The lowest BCUT2D eigenvalue weighted by molar-refractivity contribution is -0.118. The van der Waals surface area contributed by atoms with Crippen LogP contribution in [-0.2, 0) is 4.79 Å². The average Bonchev–Trinajstić information content (AvgIpc) is 2.75. The van der Waals surface area contributed by atoms with Gasteiger partial charge in [0.2, 0.25) is 5.43 Å². The minimum absolute atomic E-state index is 0.178. The van der Waals surface area contributed by atoms with E-state index in [9.17, 15) is 9.59 Å². The van der Waals surface area contributed by atoms with Crippen LogP contribution in [0, 0.1) is 6.92 Å². The predicted octanol–water partition coefficient (Wildman–Crippen LogP) is 6.09. The number of benzene rings is 3. The van der Waals surface area contributed by atoms with Crippen LogP contribution in [0.4, 0.5) is 5.69 Å². The summed E-state index contributed by atoms with van der Waals surface area (Å²) in [5.74, 6) is 0.116. The highest BCUT2D eigenvalue weighted by atomic mass is 35.5. The summed E-state index contributed by atoms with van der Waals surface area (Å²) in [4.78, 5) is 25.0. The summed E-state index contributed by atoms with van der Waals surface area (Å²) in [7, 11) is 0. The molecule has 0 aliphatic rings. The van der Waals surface area contributed by atoms with E-state index in [1.165, 1.54) is 6.26 Å². The summed E-state index contributed by atoms with van der Waals surface area (Å²) in [5.41, 5.74) is 2.78. The summed E-state index contributed by atoms with van der Waals surface area (Å²) in [6.45, 7) is 1.79. The zero-order chi connectivity index (χ0) is 22.0. The molecule has 0 aliphatic heterocycles. The third-order valence-corrected chi connectivity index (χ3v) is 5.22. The van der Waals surface area contributed by atoms with Crippen molar-refractivity contribution < 1.29 is 13.9 Å². The fourth-order valence-electron chi connectivity index (χ4n) is 3.08. The van der Waals surface area contributed by atoms with Gasteiger partial charge in [-0.2, -0.15) is 0 Å². The zero-order valence-corrected chi connectivity index (χ0v) is 18.0. The monoisotopic (exact) mass is 453 g/mol. The Morgan fingerprint density at radius 1 is 1.00 bits per heavy atom. The van der Waals surface area contributed by atoms with Gasteiger partial charge >= 0.3 is 0 Å². The van der Waals surface area contributed by atoms with E-state index in [2.05, 4.69) is 5.32 Å². The van der Waals surface area contributed by atoms with Crippen LogP contribution in [0.1, 0.15) is 5.56 Å². The quantitative estimate of drug-likeness (QED) is 0.396. The van der Waals surface area contributed by atoms with Crippen LogP contribution in [0.5, 0.6) is 5.75 Å². The van der Waals surface area contributed by atoms with Gasteiger partial charge in [-0.25, -0.2) is 0 Å². The van der Waals surface area contributed by atoms with Crippen molar-refractivity contribution >= 4 is 45.8 Å².